The van der Waals surface area contributed by atoms with Gasteiger partial charge in [0.25, 0.3) is 0 Å². The fourth-order valence-corrected chi connectivity index (χ4v) is 2.04. The highest BCUT2D eigenvalue weighted by atomic mass is 19.4. The number of hydrogen-bond donors (Lipinski definition) is 1. The van der Waals surface area contributed by atoms with Gasteiger partial charge in [-0.2, -0.15) is 13.2 Å². The zero-order valence-corrected chi connectivity index (χ0v) is 13.2. The van der Waals surface area contributed by atoms with Gasteiger partial charge in [0.2, 0.25) is 0 Å². The van der Waals surface area contributed by atoms with Gasteiger partial charge in [-0.3, -0.25) is 0 Å². The van der Waals surface area contributed by atoms with E-state index in [1.165, 1.54) is 12.1 Å². The van der Waals surface area contributed by atoms with E-state index in [-0.39, 0.29) is 6.04 Å². The average Bonchev–Trinajstić information content (AvgIpc) is 2.42. The Balaban J connectivity index is 2.97. The monoisotopic (exact) mass is 302 g/mol. The van der Waals surface area contributed by atoms with Crippen molar-refractivity contribution in [1.82, 2.24) is 10.2 Å². The molecular formula is C16H25F3N2. The summed E-state index contributed by atoms with van der Waals surface area (Å²) in [6.45, 7) is 7.65. The third kappa shape index (κ3) is 5.67. The lowest BCUT2D eigenvalue weighted by Crippen LogP contribution is -2.37. The maximum atomic E-state index is 12.8. The first-order valence-electron chi connectivity index (χ1n) is 7.36. The Hall–Kier alpha value is -1.07. The molecule has 21 heavy (non-hydrogen) atoms. The minimum absolute atomic E-state index is 0.0975. The van der Waals surface area contributed by atoms with E-state index in [1.54, 1.807) is 6.07 Å². The highest BCUT2D eigenvalue weighted by Gasteiger charge is 2.31. The van der Waals surface area contributed by atoms with Crippen molar-refractivity contribution in [2.45, 2.75) is 45.5 Å². The molecule has 120 valence electrons. The second-order valence-corrected chi connectivity index (χ2v) is 5.66. The normalized spacial score (nSPS) is 14.0. The van der Waals surface area contributed by atoms with Gasteiger partial charge in [0.1, 0.15) is 0 Å². The van der Waals surface area contributed by atoms with Crippen LogP contribution in [0.2, 0.25) is 0 Å². The molecule has 1 aromatic rings. The van der Waals surface area contributed by atoms with Crippen LogP contribution in [-0.4, -0.2) is 31.1 Å². The molecule has 0 aliphatic rings. The van der Waals surface area contributed by atoms with Crippen LogP contribution in [-0.2, 0) is 6.18 Å². The standard InChI is InChI=1S/C16H25F3N2/c1-5-9-20-15(11-21(4)12(2)3)13-7-6-8-14(10-13)16(17,18)19/h6-8,10,12,15,20H,5,9,11H2,1-4H3. The lowest BCUT2D eigenvalue weighted by atomic mass is 10.0. The van der Waals surface area contributed by atoms with E-state index in [9.17, 15) is 13.2 Å². The summed E-state index contributed by atoms with van der Waals surface area (Å²) < 4.78 is 38.5. The van der Waals surface area contributed by atoms with Crippen molar-refractivity contribution in [3.8, 4) is 0 Å². The number of rotatable bonds is 7. The molecule has 0 aliphatic heterocycles. The zero-order valence-electron chi connectivity index (χ0n) is 13.2. The van der Waals surface area contributed by atoms with Gasteiger partial charge in [0, 0.05) is 18.6 Å². The van der Waals surface area contributed by atoms with Crippen LogP contribution in [0.3, 0.4) is 0 Å². The molecule has 0 spiro atoms. The number of halogens is 3. The minimum atomic E-state index is -4.30. The highest BCUT2D eigenvalue weighted by Crippen LogP contribution is 2.31. The molecule has 0 aliphatic carbocycles. The van der Waals surface area contributed by atoms with Crippen molar-refractivity contribution in [2.24, 2.45) is 0 Å². The smallest absolute Gasteiger partial charge is 0.309 e. The third-order valence-electron chi connectivity index (χ3n) is 3.61. The molecule has 0 fully saturated rings. The quantitative estimate of drug-likeness (QED) is 0.816. The lowest BCUT2D eigenvalue weighted by Gasteiger charge is -2.28. The number of alkyl halides is 3. The molecule has 0 saturated heterocycles. The third-order valence-corrected chi connectivity index (χ3v) is 3.61. The fraction of sp³-hybridized carbons (Fsp3) is 0.625. The Labute approximate surface area is 125 Å². The predicted octanol–water partition coefficient (Wildman–Crippen LogP) is 4.09. The number of benzene rings is 1. The van der Waals surface area contributed by atoms with Crippen LogP contribution >= 0.6 is 0 Å². The first-order valence-corrected chi connectivity index (χ1v) is 7.36. The van der Waals surface area contributed by atoms with E-state index in [0.717, 1.165) is 19.0 Å². The molecule has 1 rings (SSSR count). The Bertz CT molecular complexity index is 430. The van der Waals surface area contributed by atoms with Crippen LogP contribution in [0.15, 0.2) is 24.3 Å². The predicted molar refractivity (Wildman–Crippen MR) is 80.2 cm³/mol. The van der Waals surface area contributed by atoms with Crippen LogP contribution < -0.4 is 5.32 Å². The SMILES string of the molecule is CCCNC(CN(C)C(C)C)c1cccc(C(F)(F)F)c1. The van der Waals surface area contributed by atoms with Gasteiger partial charge in [0.15, 0.2) is 0 Å². The molecule has 0 bridgehead atoms. The van der Waals surface area contributed by atoms with Crippen molar-refractivity contribution in [2.75, 3.05) is 20.1 Å². The number of nitrogens with zero attached hydrogens (tertiary/aromatic N) is 1. The van der Waals surface area contributed by atoms with Gasteiger partial charge in [0.05, 0.1) is 5.56 Å². The molecule has 1 atom stereocenters. The second-order valence-electron chi connectivity index (χ2n) is 5.66. The van der Waals surface area contributed by atoms with E-state index < -0.39 is 11.7 Å². The van der Waals surface area contributed by atoms with E-state index >= 15 is 0 Å². The van der Waals surface area contributed by atoms with Crippen LogP contribution in [0.25, 0.3) is 0 Å². The zero-order chi connectivity index (χ0) is 16.0. The summed E-state index contributed by atoms with van der Waals surface area (Å²) in [5.41, 5.74) is 0.0984. The Kier molecular flexibility index (Phi) is 6.68. The van der Waals surface area contributed by atoms with Crippen molar-refractivity contribution in [1.29, 1.82) is 0 Å². The van der Waals surface area contributed by atoms with Crippen LogP contribution in [0.1, 0.15) is 44.4 Å². The Morgan fingerprint density at radius 3 is 2.43 bits per heavy atom. The van der Waals surface area contributed by atoms with Gasteiger partial charge in [-0.05, 0) is 51.6 Å². The van der Waals surface area contributed by atoms with Gasteiger partial charge in [-0.25, -0.2) is 0 Å². The van der Waals surface area contributed by atoms with Crippen LogP contribution in [0.5, 0.6) is 0 Å². The van der Waals surface area contributed by atoms with E-state index in [1.807, 2.05) is 14.0 Å². The molecule has 0 radical (unpaired) electrons. The summed E-state index contributed by atoms with van der Waals surface area (Å²) in [6, 6.07) is 5.86. The summed E-state index contributed by atoms with van der Waals surface area (Å²) >= 11 is 0. The molecule has 1 N–H and O–H groups in total. The molecule has 0 heterocycles. The molecule has 2 nitrogen and oxygen atoms in total. The summed E-state index contributed by atoms with van der Waals surface area (Å²) in [5, 5.41) is 3.34. The molecular weight excluding hydrogens is 277 g/mol. The van der Waals surface area contributed by atoms with E-state index in [2.05, 4.69) is 24.1 Å². The summed E-state index contributed by atoms with van der Waals surface area (Å²) in [7, 11) is 1.99. The summed E-state index contributed by atoms with van der Waals surface area (Å²) in [4.78, 5) is 2.13. The average molecular weight is 302 g/mol. The molecule has 5 heteroatoms. The first kappa shape index (κ1) is 18.0. The Morgan fingerprint density at radius 1 is 1.24 bits per heavy atom. The lowest BCUT2D eigenvalue weighted by molar-refractivity contribution is -0.137. The minimum Gasteiger partial charge on any atom is -0.309 e. The maximum Gasteiger partial charge on any atom is 0.416 e. The topological polar surface area (TPSA) is 15.3 Å². The van der Waals surface area contributed by atoms with E-state index in [0.29, 0.717) is 18.2 Å². The first-order chi connectivity index (χ1) is 9.75. The second kappa shape index (κ2) is 7.80. The van der Waals surface area contributed by atoms with Crippen molar-refractivity contribution >= 4 is 0 Å². The summed E-state index contributed by atoms with van der Waals surface area (Å²) in [6.07, 6.45) is -3.35. The largest absolute Gasteiger partial charge is 0.416 e. The number of hydrogen-bond acceptors (Lipinski definition) is 2. The number of likely N-dealkylation sites (N-methyl/N-ethyl adjacent to an activating group) is 1. The van der Waals surface area contributed by atoms with E-state index in [4.69, 9.17) is 0 Å². The van der Waals surface area contributed by atoms with Crippen molar-refractivity contribution in [3.05, 3.63) is 35.4 Å². The van der Waals surface area contributed by atoms with Gasteiger partial charge >= 0.3 is 6.18 Å². The molecule has 1 unspecified atom stereocenters. The van der Waals surface area contributed by atoms with Crippen molar-refractivity contribution in [3.63, 3.8) is 0 Å². The highest BCUT2D eigenvalue weighted by molar-refractivity contribution is 5.28. The van der Waals surface area contributed by atoms with Crippen LogP contribution in [0, 0.1) is 0 Å². The van der Waals surface area contributed by atoms with Gasteiger partial charge in [-0.15, -0.1) is 0 Å². The van der Waals surface area contributed by atoms with Crippen molar-refractivity contribution < 1.29 is 13.2 Å². The van der Waals surface area contributed by atoms with Gasteiger partial charge in [-0.1, -0.05) is 19.1 Å². The van der Waals surface area contributed by atoms with Crippen LogP contribution in [0.4, 0.5) is 13.2 Å². The fourth-order valence-electron chi connectivity index (χ4n) is 2.04. The molecule has 0 aromatic heterocycles. The molecule has 0 amide bonds. The molecule has 0 saturated carbocycles. The molecule has 1 aromatic carbocycles. The Morgan fingerprint density at radius 2 is 1.90 bits per heavy atom. The summed E-state index contributed by atoms with van der Waals surface area (Å²) in [5.74, 6) is 0. The maximum absolute atomic E-state index is 12.8. The van der Waals surface area contributed by atoms with Gasteiger partial charge < -0.3 is 10.2 Å². The number of nitrogens with one attached hydrogen (secondary N) is 1.